The Morgan fingerprint density at radius 3 is 2.48 bits per heavy atom. The largest absolute Gasteiger partial charge is 0.497 e. The first-order chi connectivity index (χ1) is 11.2. The highest BCUT2D eigenvalue weighted by Crippen LogP contribution is 2.23. The lowest BCUT2D eigenvalue weighted by atomic mass is 10.1. The molecule has 1 radical (unpaired) electrons. The smallest absolute Gasteiger partial charge is 0.418 e. The Balaban J connectivity index is 2.08. The number of esters is 1. The molecule has 0 aromatic heterocycles. The molecule has 1 unspecified atom stereocenters. The Kier molecular flexibility index (Phi) is 6.00. The van der Waals surface area contributed by atoms with Crippen molar-refractivity contribution in [3.05, 3.63) is 64.7 Å². The summed E-state index contributed by atoms with van der Waals surface area (Å²) in [7, 11) is 1.53. The molecule has 2 aromatic carbocycles. The Morgan fingerprint density at radius 2 is 1.87 bits per heavy atom. The Bertz CT molecular complexity index is 669. The zero-order chi connectivity index (χ0) is 16.7. The summed E-state index contributed by atoms with van der Waals surface area (Å²) in [6.45, 7) is 1.26. The van der Waals surface area contributed by atoms with Crippen LogP contribution in [0.5, 0.6) is 5.75 Å². The van der Waals surface area contributed by atoms with Crippen LogP contribution in [0.25, 0.3) is 0 Å². The summed E-state index contributed by atoms with van der Waals surface area (Å²) in [5, 5.41) is 0.490. The average molecular weight is 334 g/mol. The zero-order valence-electron chi connectivity index (χ0n) is 12.3. The van der Waals surface area contributed by atoms with Gasteiger partial charge in [0.1, 0.15) is 12.4 Å². The number of halogens is 1. The van der Waals surface area contributed by atoms with E-state index in [0.29, 0.717) is 21.9 Å². The summed E-state index contributed by atoms with van der Waals surface area (Å²) in [6, 6.07) is 13.5. The predicted molar refractivity (Wildman–Crippen MR) is 83.8 cm³/mol. The molecule has 6 heteroatoms. The SMILES string of the molecule is COc1ccc(C(O[C]=O)C(=O)OCc2ccccc2Cl)cc1. The second-order valence-electron chi connectivity index (χ2n) is 4.55. The van der Waals surface area contributed by atoms with Crippen LogP contribution in [0.2, 0.25) is 5.02 Å². The van der Waals surface area contributed by atoms with Gasteiger partial charge < -0.3 is 14.2 Å². The lowest BCUT2D eigenvalue weighted by Crippen LogP contribution is -2.18. The van der Waals surface area contributed by atoms with Gasteiger partial charge in [-0.3, -0.25) is 0 Å². The highest BCUT2D eigenvalue weighted by molar-refractivity contribution is 6.31. The quantitative estimate of drug-likeness (QED) is 0.728. The number of hydrogen-bond donors (Lipinski definition) is 0. The van der Waals surface area contributed by atoms with Gasteiger partial charge in [0.05, 0.1) is 7.11 Å². The van der Waals surface area contributed by atoms with E-state index in [4.69, 9.17) is 25.8 Å². The second kappa shape index (κ2) is 8.19. The topological polar surface area (TPSA) is 61.8 Å². The van der Waals surface area contributed by atoms with Gasteiger partial charge in [-0.05, 0) is 18.2 Å². The summed E-state index contributed by atoms with van der Waals surface area (Å²) in [5.74, 6) is -0.0922. The fraction of sp³-hybridized carbons (Fsp3) is 0.176. The third-order valence-corrected chi connectivity index (χ3v) is 3.50. The van der Waals surface area contributed by atoms with E-state index in [1.54, 1.807) is 48.5 Å². The lowest BCUT2D eigenvalue weighted by molar-refractivity contribution is -0.154. The number of ether oxygens (including phenoxy) is 3. The van der Waals surface area contributed by atoms with Crippen LogP contribution in [-0.4, -0.2) is 19.6 Å². The van der Waals surface area contributed by atoms with Gasteiger partial charge >= 0.3 is 12.4 Å². The molecule has 1 atom stereocenters. The van der Waals surface area contributed by atoms with E-state index in [9.17, 15) is 9.59 Å². The van der Waals surface area contributed by atoms with Crippen LogP contribution in [0.15, 0.2) is 48.5 Å². The van der Waals surface area contributed by atoms with Crippen LogP contribution < -0.4 is 4.74 Å². The van der Waals surface area contributed by atoms with Crippen LogP contribution in [0.1, 0.15) is 17.2 Å². The van der Waals surface area contributed by atoms with Crippen molar-refractivity contribution in [1.82, 2.24) is 0 Å². The molecule has 2 aromatic rings. The van der Waals surface area contributed by atoms with Crippen LogP contribution in [0.3, 0.4) is 0 Å². The molecule has 0 aliphatic carbocycles. The monoisotopic (exact) mass is 333 g/mol. The van der Waals surface area contributed by atoms with Crippen molar-refractivity contribution in [3.63, 3.8) is 0 Å². The molecule has 0 aliphatic heterocycles. The van der Waals surface area contributed by atoms with E-state index >= 15 is 0 Å². The van der Waals surface area contributed by atoms with E-state index in [2.05, 4.69) is 0 Å². The summed E-state index contributed by atoms with van der Waals surface area (Å²) < 4.78 is 14.9. The van der Waals surface area contributed by atoms with Gasteiger partial charge in [-0.1, -0.05) is 41.9 Å². The van der Waals surface area contributed by atoms with Gasteiger partial charge in [0, 0.05) is 16.1 Å². The molecule has 5 nitrogen and oxygen atoms in total. The highest BCUT2D eigenvalue weighted by Gasteiger charge is 2.24. The lowest BCUT2D eigenvalue weighted by Gasteiger charge is -2.15. The molecule has 0 fully saturated rings. The molecule has 2 rings (SSSR count). The average Bonchev–Trinajstić information content (AvgIpc) is 2.59. The normalized spacial score (nSPS) is 11.4. The maximum atomic E-state index is 12.2. The number of hydrogen-bond acceptors (Lipinski definition) is 5. The maximum absolute atomic E-state index is 12.2. The highest BCUT2D eigenvalue weighted by atomic mass is 35.5. The maximum Gasteiger partial charge on any atom is 0.418 e. The Morgan fingerprint density at radius 1 is 1.17 bits per heavy atom. The first-order valence-corrected chi connectivity index (χ1v) is 7.10. The molecular weight excluding hydrogens is 320 g/mol. The van der Waals surface area contributed by atoms with Gasteiger partial charge in [-0.2, -0.15) is 0 Å². The molecule has 0 aliphatic rings. The summed E-state index contributed by atoms with van der Waals surface area (Å²) in [4.78, 5) is 22.7. The molecule has 0 bridgehead atoms. The molecule has 23 heavy (non-hydrogen) atoms. The number of methoxy groups -OCH3 is 1. The van der Waals surface area contributed by atoms with E-state index in [0.717, 1.165) is 0 Å². The van der Waals surface area contributed by atoms with Crippen LogP contribution in [0, 0.1) is 0 Å². The van der Waals surface area contributed by atoms with Crippen LogP contribution in [0.4, 0.5) is 0 Å². The standard InChI is InChI=1S/C17H14ClO5/c1-21-14-8-6-12(7-9-14)16(23-11-19)17(20)22-10-13-4-2-3-5-15(13)18/h2-9,16H,10H2,1H3. The zero-order valence-corrected chi connectivity index (χ0v) is 13.1. The summed E-state index contributed by atoms with van der Waals surface area (Å²) in [6.07, 6.45) is -1.19. The second-order valence-corrected chi connectivity index (χ2v) is 4.96. The molecule has 0 saturated carbocycles. The van der Waals surface area contributed by atoms with Crippen molar-refractivity contribution in [2.75, 3.05) is 7.11 Å². The van der Waals surface area contributed by atoms with Gasteiger partial charge in [0.15, 0.2) is 0 Å². The molecule has 0 spiro atoms. The first-order valence-electron chi connectivity index (χ1n) is 6.72. The fourth-order valence-corrected chi connectivity index (χ4v) is 2.11. The molecule has 0 saturated heterocycles. The van der Waals surface area contributed by atoms with Crippen LogP contribution >= 0.6 is 11.6 Å². The number of carbonyl (C=O) groups is 1. The van der Waals surface area contributed by atoms with E-state index < -0.39 is 12.1 Å². The number of rotatable bonds is 7. The molecule has 119 valence electrons. The molecule has 0 heterocycles. The summed E-state index contributed by atoms with van der Waals surface area (Å²) >= 11 is 6.00. The first kappa shape index (κ1) is 16.8. The van der Waals surface area contributed by atoms with Crippen molar-refractivity contribution in [2.24, 2.45) is 0 Å². The Hall–Kier alpha value is -2.53. The van der Waals surface area contributed by atoms with Gasteiger partial charge in [-0.15, -0.1) is 0 Å². The van der Waals surface area contributed by atoms with Crippen molar-refractivity contribution < 1.29 is 23.8 Å². The molecule has 0 amide bonds. The van der Waals surface area contributed by atoms with Crippen molar-refractivity contribution in [1.29, 1.82) is 0 Å². The third-order valence-electron chi connectivity index (χ3n) is 3.13. The number of carbonyl (C=O) groups excluding carboxylic acids is 2. The third kappa shape index (κ3) is 4.47. The molecular formula is C17H14ClO5. The van der Waals surface area contributed by atoms with Gasteiger partial charge in [-0.25, -0.2) is 9.59 Å². The van der Waals surface area contributed by atoms with E-state index in [1.165, 1.54) is 13.6 Å². The minimum absolute atomic E-state index is 0.0205. The van der Waals surface area contributed by atoms with Gasteiger partial charge in [0.2, 0.25) is 6.10 Å². The van der Waals surface area contributed by atoms with Crippen molar-refractivity contribution in [3.8, 4) is 5.75 Å². The van der Waals surface area contributed by atoms with E-state index in [-0.39, 0.29) is 6.61 Å². The minimum atomic E-state index is -1.19. The number of benzene rings is 2. The summed E-state index contributed by atoms with van der Waals surface area (Å²) in [5.41, 5.74) is 1.12. The van der Waals surface area contributed by atoms with Crippen LogP contribution in [-0.2, 0) is 25.7 Å². The van der Waals surface area contributed by atoms with E-state index in [1.807, 2.05) is 0 Å². The van der Waals surface area contributed by atoms with Gasteiger partial charge in [0.25, 0.3) is 0 Å². The molecule has 0 N–H and O–H groups in total. The van der Waals surface area contributed by atoms with Crippen molar-refractivity contribution in [2.45, 2.75) is 12.7 Å². The fourth-order valence-electron chi connectivity index (χ4n) is 1.92. The Labute approximate surface area is 138 Å². The minimum Gasteiger partial charge on any atom is -0.497 e. The predicted octanol–water partition coefficient (Wildman–Crippen LogP) is 3.22. The van der Waals surface area contributed by atoms with Crippen molar-refractivity contribution >= 4 is 24.0 Å².